The number of benzene rings is 1. The first-order valence-electron chi connectivity index (χ1n) is 5.10. The SMILES string of the molecule is Brc1ccc(N2CCOCC2)c2nonc12. The molecule has 1 aromatic heterocycles. The van der Waals surface area contributed by atoms with Gasteiger partial charge in [-0.2, -0.15) is 0 Å². The monoisotopic (exact) mass is 283 g/mol. The van der Waals surface area contributed by atoms with E-state index in [-0.39, 0.29) is 0 Å². The number of anilines is 1. The van der Waals surface area contributed by atoms with Gasteiger partial charge in [-0.25, -0.2) is 4.63 Å². The number of ether oxygens (including phenoxy) is 1. The van der Waals surface area contributed by atoms with Gasteiger partial charge in [-0.05, 0) is 38.4 Å². The number of halogens is 1. The van der Waals surface area contributed by atoms with E-state index in [1.54, 1.807) is 0 Å². The van der Waals surface area contributed by atoms with Crippen LogP contribution in [0.25, 0.3) is 11.0 Å². The summed E-state index contributed by atoms with van der Waals surface area (Å²) in [6, 6.07) is 4.00. The van der Waals surface area contributed by atoms with E-state index >= 15 is 0 Å². The molecule has 0 amide bonds. The highest BCUT2D eigenvalue weighted by atomic mass is 79.9. The summed E-state index contributed by atoms with van der Waals surface area (Å²) in [5.74, 6) is 0. The second-order valence-electron chi connectivity index (χ2n) is 3.63. The van der Waals surface area contributed by atoms with E-state index in [4.69, 9.17) is 9.37 Å². The fourth-order valence-corrected chi connectivity index (χ4v) is 2.28. The Morgan fingerprint density at radius 2 is 1.88 bits per heavy atom. The van der Waals surface area contributed by atoms with Crippen molar-refractivity contribution in [1.82, 2.24) is 10.3 Å². The molecule has 0 N–H and O–H groups in total. The van der Waals surface area contributed by atoms with Crippen LogP contribution in [0, 0.1) is 0 Å². The standard InChI is InChI=1S/C10H10BrN3O2/c11-7-1-2-8(10-9(7)12-16-13-10)14-3-5-15-6-4-14/h1-2H,3-6H2. The van der Waals surface area contributed by atoms with Gasteiger partial charge in [-0.1, -0.05) is 0 Å². The van der Waals surface area contributed by atoms with E-state index in [1.165, 1.54) is 0 Å². The van der Waals surface area contributed by atoms with Gasteiger partial charge in [0.25, 0.3) is 0 Å². The Balaban J connectivity index is 2.08. The molecule has 0 aliphatic carbocycles. The molecule has 2 aromatic rings. The quantitative estimate of drug-likeness (QED) is 0.799. The topological polar surface area (TPSA) is 51.4 Å². The lowest BCUT2D eigenvalue weighted by atomic mass is 10.2. The van der Waals surface area contributed by atoms with Gasteiger partial charge in [0.2, 0.25) is 0 Å². The molecule has 16 heavy (non-hydrogen) atoms. The molecule has 84 valence electrons. The molecule has 1 aliphatic heterocycles. The highest BCUT2D eigenvalue weighted by Crippen LogP contribution is 2.30. The van der Waals surface area contributed by atoms with Crippen molar-refractivity contribution >= 4 is 32.7 Å². The van der Waals surface area contributed by atoms with E-state index in [2.05, 4.69) is 31.1 Å². The average Bonchev–Trinajstić information content (AvgIpc) is 2.81. The van der Waals surface area contributed by atoms with Crippen LogP contribution in [0.5, 0.6) is 0 Å². The average molecular weight is 284 g/mol. The molecule has 3 rings (SSSR count). The third-order valence-electron chi connectivity index (χ3n) is 2.70. The Kier molecular flexibility index (Phi) is 2.53. The molecule has 1 fully saturated rings. The Labute approximate surface area is 100 Å². The molecule has 1 saturated heterocycles. The van der Waals surface area contributed by atoms with Crippen molar-refractivity contribution in [3.63, 3.8) is 0 Å². The first-order chi connectivity index (χ1) is 7.86. The lowest BCUT2D eigenvalue weighted by Crippen LogP contribution is -2.36. The van der Waals surface area contributed by atoms with Crippen LogP contribution in [0.1, 0.15) is 0 Å². The minimum Gasteiger partial charge on any atom is -0.378 e. The number of aromatic nitrogens is 2. The van der Waals surface area contributed by atoms with Crippen molar-refractivity contribution in [2.75, 3.05) is 31.2 Å². The second-order valence-corrected chi connectivity index (χ2v) is 4.48. The molecule has 0 saturated carbocycles. The number of morpholine rings is 1. The van der Waals surface area contributed by atoms with Crippen molar-refractivity contribution in [3.8, 4) is 0 Å². The van der Waals surface area contributed by atoms with Gasteiger partial charge in [-0.15, -0.1) is 0 Å². The van der Waals surface area contributed by atoms with Crippen molar-refractivity contribution in [2.24, 2.45) is 0 Å². The van der Waals surface area contributed by atoms with E-state index < -0.39 is 0 Å². The summed E-state index contributed by atoms with van der Waals surface area (Å²) in [5, 5.41) is 7.84. The minimum atomic E-state index is 0.753. The number of nitrogens with zero attached hydrogens (tertiary/aromatic N) is 3. The molecule has 0 spiro atoms. The highest BCUT2D eigenvalue weighted by Gasteiger charge is 2.17. The first kappa shape index (κ1) is 10.0. The molecule has 1 aliphatic rings. The predicted octanol–water partition coefficient (Wildman–Crippen LogP) is 1.82. The van der Waals surface area contributed by atoms with Crippen LogP contribution in [-0.4, -0.2) is 36.6 Å². The van der Waals surface area contributed by atoms with E-state index in [9.17, 15) is 0 Å². The van der Waals surface area contributed by atoms with Gasteiger partial charge in [0.05, 0.1) is 18.9 Å². The van der Waals surface area contributed by atoms with Gasteiger partial charge in [0.1, 0.15) is 0 Å². The molecule has 0 bridgehead atoms. The number of rotatable bonds is 1. The summed E-state index contributed by atoms with van der Waals surface area (Å²) < 4.78 is 11.0. The summed E-state index contributed by atoms with van der Waals surface area (Å²) in [6.07, 6.45) is 0. The van der Waals surface area contributed by atoms with Crippen LogP contribution in [-0.2, 0) is 4.74 Å². The Morgan fingerprint density at radius 3 is 2.69 bits per heavy atom. The van der Waals surface area contributed by atoms with Crippen molar-refractivity contribution in [1.29, 1.82) is 0 Å². The van der Waals surface area contributed by atoms with Gasteiger partial charge in [-0.3, -0.25) is 0 Å². The molecule has 1 aromatic carbocycles. The summed E-state index contributed by atoms with van der Waals surface area (Å²) in [5.41, 5.74) is 2.63. The third-order valence-corrected chi connectivity index (χ3v) is 3.34. The van der Waals surface area contributed by atoms with Crippen molar-refractivity contribution < 1.29 is 9.37 Å². The lowest BCUT2D eigenvalue weighted by Gasteiger charge is -2.28. The van der Waals surface area contributed by atoms with Crippen molar-refractivity contribution in [2.45, 2.75) is 0 Å². The summed E-state index contributed by atoms with van der Waals surface area (Å²) in [7, 11) is 0. The zero-order chi connectivity index (χ0) is 11.0. The molecule has 2 heterocycles. The Morgan fingerprint density at radius 1 is 1.12 bits per heavy atom. The summed E-state index contributed by atoms with van der Waals surface area (Å²) in [6.45, 7) is 3.26. The summed E-state index contributed by atoms with van der Waals surface area (Å²) in [4.78, 5) is 2.24. The van der Waals surface area contributed by atoms with Crippen LogP contribution in [0.3, 0.4) is 0 Å². The zero-order valence-corrected chi connectivity index (χ0v) is 10.1. The van der Waals surface area contributed by atoms with E-state index in [1.807, 2.05) is 12.1 Å². The number of hydrogen-bond donors (Lipinski definition) is 0. The van der Waals surface area contributed by atoms with Crippen molar-refractivity contribution in [3.05, 3.63) is 16.6 Å². The Hall–Kier alpha value is -1.14. The molecular formula is C10H10BrN3O2. The van der Waals surface area contributed by atoms with Crippen LogP contribution < -0.4 is 4.90 Å². The van der Waals surface area contributed by atoms with Gasteiger partial charge in [0, 0.05) is 17.6 Å². The van der Waals surface area contributed by atoms with Gasteiger partial charge >= 0.3 is 0 Å². The molecular weight excluding hydrogens is 274 g/mol. The van der Waals surface area contributed by atoms with Crippen LogP contribution in [0.15, 0.2) is 21.2 Å². The minimum absolute atomic E-state index is 0.753. The Bertz CT molecular complexity index is 508. The first-order valence-corrected chi connectivity index (χ1v) is 5.89. The highest BCUT2D eigenvalue weighted by molar-refractivity contribution is 9.10. The fraction of sp³-hybridized carbons (Fsp3) is 0.400. The number of hydrogen-bond acceptors (Lipinski definition) is 5. The maximum absolute atomic E-state index is 5.33. The normalized spacial score (nSPS) is 16.9. The van der Waals surface area contributed by atoms with Gasteiger partial charge < -0.3 is 9.64 Å². The fourth-order valence-electron chi connectivity index (χ4n) is 1.88. The lowest BCUT2D eigenvalue weighted by molar-refractivity contribution is 0.123. The number of fused-ring (bicyclic) bond motifs is 1. The van der Waals surface area contributed by atoms with Crippen LogP contribution >= 0.6 is 15.9 Å². The smallest absolute Gasteiger partial charge is 0.159 e. The molecule has 0 unspecified atom stereocenters. The van der Waals surface area contributed by atoms with Crippen LogP contribution in [0.4, 0.5) is 5.69 Å². The third kappa shape index (κ3) is 1.58. The predicted molar refractivity (Wildman–Crippen MR) is 62.5 cm³/mol. The largest absolute Gasteiger partial charge is 0.378 e. The maximum Gasteiger partial charge on any atom is 0.159 e. The maximum atomic E-state index is 5.33. The molecule has 0 radical (unpaired) electrons. The molecule has 5 nitrogen and oxygen atoms in total. The zero-order valence-electron chi connectivity index (χ0n) is 8.52. The second kappa shape index (κ2) is 4.03. The molecule has 0 atom stereocenters. The van der Waals surface area contributed by atoms with Gasteiger partial charge in [0.15, 0.2) is 11.0 Å². The summed E-state index contributed by atoms with van der Waals surface area (Å²) >= 11 is 3.43. The van der Waals surface area contributed by atoms with E-state index in [0.717, 1.165) is 47.5 Å². The van der Waals surface area contributed by atoms with E-state index in [0.29, 0.717) is 0 Å². The van der Waals surface area contributed by atoms with Crippen LogP contribution in [0.2, 0.25) is 0 Å². The molecule has 6 heteroatoms.